The van der Waals surface area contributed by atoms with Crippen molar-refractivity contribution in [3.05, 3.63) is 76.8 Å². The van der Waals surface area contributed by atoms with Gasteiger partial charge in [0.05, 0.1) is 17.9 Å². The Labute approximate surface area is 157 Å². The first-order valence-electron chi connectivity index (χ1n) is 8.74. The van der Waals surface area contributed by atoms with E-state index >= 15 is 0 Å². The maximum atomic E-state index is 13.5. The van der Waals surface area contributed by atoms with E-state index in [0.717, 1.165) is 16.7 Å². The topological polar surface area (TPSA) is 47.6 Å². The lowest BCUT2D eigenvalue weighted by molar-refractivity contribution is -0.111. The van der Waals surface area contributed by atoms with E-state index < -0.39 is 5.60 Å². The zero-order valence-electron chi connectivity index (χ0n) is 15.4. The van der Waals surface area contributed by atoms with E-state index in [1.54, 1.807) is 13.2 Å². The summed E-state index contributed by atoms with van der Waals surface area (Å²) in [6, 6.07) is 12.3. The molecule has 0 atom stereocenters. The lowest BCUT2D eigenvalue weighted by Crippen LogP contribution is -2.21. The van der Waals surface area contributed by atoms with Gasteiger partial charge in [0.15, 0.2) is 0 Å². The molecule has 0 radical (unpaired) electrons. The molecule has 2 heterocycles. The van der Waals surface area contributed by atoms with Crippen LogP contribution in [0.15, 0.2) is 54.3 Å². The van der Waals surface area contributed by atoms with Crippen molar-refractivity contribution in [2.45, 2.75) is 26.1 Å². The van der Waals surface area contributed by atoms with Gasteiger partial charge in [0.1, 0.15) is 17.2 Å². The molecule has 5 heteroatoms. The van der Waals surface area contributed by atoms with Gasteiger partial charge >= 0.3 is 0 Å². The van der Waals surface area contributed by atoms with E-state index in [1.807, 2.05) is 44.2 Å². The molecule has 0 spiro atoms. The first-order chi connectivity index (χ1) is 12.9. The molecule has 0 aromatic heterocycles. The van der Waals surface area contributed by atoms with Gasteiger partial charge in [-0.3, -0.25) is 4.79 Å². The first-order valence-corrected chi connectivity index (χ1v) is 8.74. The molecule has 4 nitrogen and oxygen atoms in total. The fourth-order valence-electron chi connectivity index (χ4n) is 3.56. The highest BCUT2D eigenvalue weighted by Gasteiger charge is 2.37. The lowest BCUT2D eigenvalue weighted by Gasteiger charge is -2.23. The molecule has 0 aliphatic carbocycles. The number of amides is 1. The highest BCUT2D eigenvalue weighted by Crippen LogP contribution is 2.44. The Kier molecular flexibility index (Phi) is 4.12. The number of nitrogens with one attached hydrogen (secondary N) is 1. The maximum absolute atomic E-state index is 13.5. The summed E-state index contributed by atoms with van der Waals surface area (Å²) in [6.07, 6.45) is 1.90. The van der Waals surface area contributed by atoms with Gasteiger partial charge in [0.25, 0.3) is 5.91 Å². The van der Waals surface area contributed by atoms with Crippen LogP contribution >= 0.6 is 0 Å². The largest absolute Gasteiger partial charge is 0.482 e. The highest BCUT2D eigenvalue weighted by atomic mass is 19.1. The van der Waals surface area contributed by atoms with Gasteiger partial charge in [-0.15, -0.1) is 0 Å². The Bertz CT molecular complexity index is 987. The average molecular weight is 365 g/mol. The van der Waals surface area contributed by atoms with E-state index in [4.69, 9.17) is 9.47 Å². The molecule has 0 saturated carbocycles. The van der Waals surface area contributed by atoms with Crippen molar-refractivity contribution in [2.24, 2.45) is 0 Å². The number of carbonyl (C=O) groups is 1. The molecule has 0 fully saturated rings. The molecule has 0 bridgehead atoms. The molecule has 2 aliphatic heterocycles. The van der Waals surface area contributed by atoms with Crippen molar-refractivity contribution < 1.29 is 18.7 Å². The van der Waals surface area contributed by atoms with Gasteiger partial charge in [0.2, 0.25) is 0 Å². The fraction of sp³-hybridized carbons (Fsp3) is 0.227. The molecular formula is C22H20FNO3. The number of carbonyl (C=O) groups excluding carboxylic acids is 1. The standard InChI is InChI=1S/C22H20FNO3/c1-22(2)17(14-6-4-13(5-7-14)12-26-3)11-19(27-22)20-16-9-8-15(23)10-18(16)24-21(20)25/h4-11H,12H2,1-3H3,(H,24,25)/b20-19+. The molecule has 0 unspecified atom stereocenters. The SMILES string of the molecule is COCc1ccc(C2=C/C(=C3\C(=O)Nc4cc(F)ccc43)OC2(C)C)cc1. The Morgan fingerprint density at radius 2 is 1.89 bits per heavy atom. The van der Waals surface area contributed by atoms with Crippen LogP contribution in [-0.4, -0.2) is 18.6 Å². The lowest BCUT2D eigenvalue weighted by atomic mass is 9.91. The predicted molar refractivity (Wildman–Crippen MR) is 102 cm³/mol. The molecule has 27 heavy (non-hydrogen) atoms. The third kappa shape index (κ3) is 3.04. The number of allylic oxidation sites excluding steroid dienone is 1. The summed E-state index contributed by atoms with van der Waals surface area (Å²) in [6.45, 7) is 4.49. The fourth-order valence-corrected chi connectivity index (χ4v) is 3.56. The predicted octanol–water partition coefficient (Wildman–Crippen LogP) is 4.53. The van der Waals surface area contributed by atoms with Crippen LogP contribution in [0.25, 0.3) is 11.1 Å². The number of benzene rings is 2. The molecule has 1 N–H and O–H groups in total. The molecule has 4 rings (SSSR count). The Morgan fingerprint density at radius 1 is 1.15 bits per heavy atom. The third-order valence-corrected chi connectivity index (χ3v) is 4.84. The van der Waals surface area contributed by atoms with Crippen molar-refractivity contribution >= 4 is 22.7 Å². The maximum Gasteiger partial charge on any atom is 0.260 e. The second-order valence-corrected chi connectivity index (χ2v) is 7.18. The van der Waals surface area contributed by atoms with Crippen molar-refractivity contribution in [3.8, 4) is 0 Å². The summed E-state index contributed by atoms with van der Waals surface area (Å²) >= 11 is 0. The van der Waals surface area contributed by atoms with Crippen molar-refractivity contribution in [1.82, 2.24) is 0 Å². The summed E-state index contributed by atoms with van der Waals surface area (Å²) in [4.78, 5) is 12.5. The monoisotopic (exact) mass is 365 g/mol. The molecule has 1 amide bonds. The van der Waals surface area contributed by atoms with E-state index in [9.17, 15) is 9.18 Å². The smallest absolute Gasteiger partial charge is 0.260 e. The molecule has 138 valence electrons. The van der Waals surface area contributed by atoms with Gasteiger partial charge in [-0.05, 0) is 49.2 Å². The minimum absolute atomic E-state index is 0.283. The molecule has 0 saturated heterocycles. The number of halogens is 1. The number of fused-ring (bicyclic) bond motifs is 1. The van der Waals surface area contributed by atoms with E-state index in [0.29, 0.717) is 29.2 Å². The van der Waals surface area contributed by atoms with Gasteiger partial charge in [-0.2, -0.15) is 0 Å². The number of anilines is 1. The van der Waals surface area contributed by atoms with E-state index in [1.165, 1.54) is 12.1 Å². The Morgan fingerprint density at radius 3 is 2.59 bits per heavy atom. The molecular weight excluding hydrogens is 345 g/mol. The van der Waals surface area contributed by atoms with Crippen molar-refractivity contribution in [1.29, 1.82) is 0 Å². The summed E-state index contributed by atoms with van der Waals surface area (Å²) in [5, 5.41) is 2.71. The average Bonchev–Trinajstić information content (AvgIpc) is 3.10. The van der Waals surface area contributed by atoms with Crippen LogP contribution in [0.1, 0.15) is 30.5 Å². The van der Waals surface area contributed by atoms with E-state index in [2.05, 4.69) is 5.32 Å². The Hall–Kier alpha value is -2.92. The second kappa shape index (κ2) is 6.35. The van der Waals surface area contributed by atoms with Crippen LogP contribution in [-0.2, 0) is 20.9 Å². The normalized spacial score (nSPS) is 20.1. The number of rotatable bonds is 3. The van der Waals surface area contributed by atoms with Crippen molar-refractivity contribution in [3.63, 3.8) is 0 Å². The van der Waals surface area contributed by atoms with Crippen LogP contribution in [0.2, 0.25) is 0 Å². The minimum Gasteiger partial charge on any atom is -0.482 e. The van der Waals surface area contributed by atoms with Gasteiger partial charge in [-0.1, -0.05) is 24.3 Å². The first kappa shape index (κ1) is 17.5. The van der Waals surface area contributed by atoms with Crippen LogP contribution in [0.3, 0.4) is 0 Å². The number of methoxy groups -OCH3 is 1. The molecule has 2 aromatic carbocycles. The Balaban J connectivity index is 1.78. The molecule has 2 aromatic rings. The minimum atomic E-state index is -0.589. The zero-order chi connectivity index (χ0) is 19.2. The number of hydrogen-bond donors (Lipinski definition) is 1. The van der Waals surface area contributed by atoms with Crippen molar-refractivity contribution in [2.75, 3.05) is 12.4 Å². The van der Waals surface area contributed by atoms with Crippen LogP contribution < -0.4 is 5.32 Å². The summed E-state index contributed by atoms with van der Waals surface area (Å²) in [5.41, 5.74) is 4.06. The number of hydrogen-bond acceptors (Lipinski definition) is 3. The zero-order valence-corrected chi connectivity index (χ0v) is 15.4. The second-order valence-electron chi connectivity index (χ2n) is 7.18. The van der Waals surface area contributed by atoms with Crippen LogP contribution in [0, 0.1) is 5.82 Å². The quantitative estimate of drug-likeness (QED) is 0.813. The van der Waals surface area contributed by atoms with Gasteiger partial charge in [-0.25, -0.2) is 4.39 Å². The summed E-state index contributed by atoms with van der Waals surface area (Å²) in [7, 11) is 1.67. The summed E-state index contributed by atoms with van der Waals surface area (Å²) < 4.78 is 24.8. The highest BCUT2D eigenvalue weighted by molar-refractivity contribution is 6.32. The summed E-state index contributed by atoms with van der Waals surface area (Å²) in [5.74, 6) is -0.173. The number of ether oxygens (including phenoxy) is 2. The van der Waals surface area contributed by atoms with Crippen LogP contribution in [0.4, 0.5) is 10.1 Å². The third-order valence-electron chi connectivity index (χ3n) is 4.84. The van der Waals surface area contributed by atoms with Gasteiger partial charge in [0, 0.05) is 18.2 Å². The molecule has 2 aliphatic rings. The van der Waals surface area contributed by atoms with E-state index in [-0.39, 0.29) is 11.7 Å². The van der Waals surface area contributed by atoms with Gasteiger partial charge < -0.3 is 14.8 Å². The van der Waals surface area contributed by atoms with Crippen LogP contribution in [0.5, 0.6) is 0 Å².